The molecule has 0 spiro atoms. The Balaban J connectivity index is 1.72. The minimum Gasteiger partial charge on any atom is -0.487 e. The molecule has 8 heteroatoms. The van der Waals surface area contributed by atoms with Crippen LogP contribution in [-0.2, 0) is 12.8 Å². The lowest BCUT2D eigenvalue weighted by molar-refractivity contribution is -0.137. The fourth-order valence-electron chi connectivity index (χ4n) is 3.01. The third-order valence-corrected chi connectivity index (χ3v) is 4.87. The highest BCUT2D eigenvalue weighted by atomic mass is 19.4. The fraction of sp³-hybridized carbons (Fsp3) is 0.261. The smallest absolute Gasteiger partial charge is 0.416 e. The van der Waals surface area contributed by atoms with Crippen LogP contribution in [0.5, 0.6) is 5.75 Å². The summed E-state index contributed by atoms with van der Waals surface area (Å²) in [6.45, 7) is 6.37. The summed E-state index contributed by atoms with van der Waals surface area (Å²) in [5.74, 6) is 0.876. The maximum Gasteiger partial charge on any atom is 0.416 e. The number of aromatic nitrogens is 1. The standard InChI is InChI=1S/C23H23F3N2O3/c1-14-8-18(16(3)15(2)11-27-29)10-21(9-14)30-12-20-13-31-22(28-20)17-4-6-19(7-5-17)23(24,25)26/h4-10,13,27,29H,11-12H2,1-3H3. The monoisotopic (exact) mass is 432 g/mol. The van der Waals surface area contributed by atoms with E-state index >= 15 is 0 Å². The summed E-state index contributed by atoms with van der Waals surface area (Å²) in [5.41, 5.74) is 6.42. The number of oxazole rings is 1. The summed E-state index contributed by atoms with van der Waals surface area (Å²) in [5, 5.41) is 8.91. The van der Waals surface area contributed by atoms with Crippen molar-refractivity contribution in [2.45, 2.75) is 33.6 Å². The molecule has 0 saturated heterocycles. The van der Waals surface area contributed by atoms with E-state index in [1.165, 1.54) is 18.4 Å². The number of hydrogen-bond donors (Lipinski definition) is 2. The topological polar surface area (TPSA) is 67.5 Å². The van der Waals surface area contributed by atoms with Gasteiger partial charge in [0.05, 0.1) is 5.56 Å². The molecule has 5 nitrogen and oxygen atoms in total. The first-order chi connectivity index (χ1) is 14.7. The number of hydrogen-bond acceptors (Lipinski definition) is 5. The van der Waals surface area contributed by atoms with E-state index in [2.05, 4.69) is 10.5 Å². The van der Waals surface area contributed by atoms with Gasteiger partial charge < -0.3 is 14.4 Å². The van der Waals surface area contributed by atoms with Gasteiger partial charge in [-0.05, 0) is 73.9 Å². The number of hydroxylamine groups is 1. The zero-order valence-corrected chi connectivity index (χ0v) is 17.4. The molecule has 0 atom stereocenters. The molecule has 1 aromatic heterocycles. The van der Waals surface area contributed by atoms with Gasteiger partial charge in [-0.25, -0.2) is 10.5 Å². The summed E-state index contributed by atoms with van der Waals surface area (Å²) in [6.07, 6.45) is -2.96. The number of alkyl halides is 3. The van der Waals surface area contributed by atoms with Gasteiger partial charge in [0.25, 0.3) is 0 Å². The molecular formula is C23H23F3N2O3. The maximum absolute atomic E-state index is 12.7. The van der Waals surface area contributed by atoms with E-state index in [-0.39, 0.29) is 12.5 Å². The summed E-state index contributed by atoms with van der Waals surface area (Å²) in [4.78, 5) is 4.30. The van der Waals surface area contributed by atoms with Crippen LogP contribution < -0.4 is 10.2 Å². The number of aryl methyl sites for hydroxylation is 1. The Hall–Kier alpha value is -3.10. The molecule has 3 rings (SSSR count). The Morgan fingerprint density at radius 1 is 1.13 bits per heavy atom. The second kappa shape index (κ2) is 9.36. The second-order valence-corrected chi connectivity index (χ2v) is 7.28. The van der Waals surface area contributed by atoms with Crippen molar-refractivity contribution in [2.24, 2.45) is 0 Å². The van der Waals surface area contributed by atoms with E-state index in [9.17, 15) is 13.2 Å². The molecule has 0 aliphatic carbocycles. The Bertz CT molecular complexity index is 1070. The Morgan fingerprint density at radius 2 is 1.84 bits per heavy atom. The van der Waals surface area contributed by atoms with Gasteiger partial charge in [0, 0.05) is 12.1 Å². The van der Waals surface area contributed by atoms with Crippen molar-refractivity contribution in [1.82, 2.24) is 10.5 Å². The summed E-state index contributed by atoms with van der Waals surface area (Å²) in [6, 6.07) is 10.5. The zero-order valence-electron chi connectivity index (χ0n) is 17.4. The van der Waals surface area contributed by atoms with Crippen molar-refractivity contribution in [2.75, 3.05) is 6.54 Å². The van der Waals surface area contributed by atoms with Crippen LogP contribution in [0.4, 0.5) is 13.2 Å². The summed E-state index contributed by atoms with van der Waals surface area (Å²) < 4.78 is 49.4. The molecule has 164 valence electrons. The van der Waals surface area contributed by atoms with Gasteiger partial charge in [-0.1, -0.05) is 11.6 Å². The van der Waals surface area contributed by atoms with Crippen molar-refractivity contribution >= 4 is 5.57 Å². The Labute approximate surface area is 178 Å². The number of allylic oxidation sites excluding steroid dienone is 1. The molecule has 2 aromatic carbocycles. The van der Waals surface area contributed by atoms with Gasteiger partial charge in [-0.15, -0.1) is 0 Å². The van der Waals surface area contributed by atoms with E-state index in [0.717, 1.165) is 34.4 Å². The molecule has 1 heterocycles. The highest BCUT2D eigenvalue weighted by Gasteiger charge is 2.30. The lowest BCUT2D eigenvalue weighted by Crippen LogP contribution is -2.10. The average Bonchev–Trinajstić information content (AvgIpc) is 3.20. The number of benzene rings is 2. The number of nitrogens with zero attached hydrogens (tertiary/aromatic N) is 1. The van der Waals surface area contributed by atoms with Gasteiger partial charge in [-0.2, -0.15) is 13.2 Å². The molecule has 0 radical (unpaired) electrons. The van der Waals surface area contributed by atoms with Crippen molar-refractivity contribution < 1.29 is 27.5 Å². The number of nitrogens with one attached hydrogen (secondary N) is 1. The predicted molar refractivity (Wildman–Crippen MR) is 111 cm³/mol. The third kappa shape index (κ3) is 5.74. The largest absolute Gasteiger partial charge is 0.487 e. The van der Waals surface area contributed by atoms with Crippen molar-refractivity contribution in [3.63, 3.8) is 0 Å². The molecule has 0 aliphatic heterocycles. The van der Waals surface area contributed by atoms with Crippen LogP contribution in [-0.4, -0.2) is 16.7 Å². The third-order valence-electron chi connectivity index (χ3n) is 4.87. The molecule has 0 amide bonds. The van der Waals surface area contributed by atoms with E-state index in [1.807, 2.05) is 39.0 Å². The van der Waals surface area contributed by atoms with Crippen LogP contribution in [0, 0.1) is 6.92 Å². The van der Waals surface area contributed by atoms with Crippen LogP contribution in [0.15, 0.2) is 58.7 Å². The SMILES string of the molecule is CC(CNO)=C(C)c1cc(C)cc(OCc2coc(-c3ccc(C(F)(F)F)cc3)n2)c1. The van der Waals surface area contributed by atoms with E-state index in [1.54, 1.807) is 0 Å². The highest BCUT2D eigenvalue weighted by molar-refractivity contribution is 5.68. The van der Waals surface area contributed by atoms with Crippen molar-refractivity contribution in [3.05, 3.63) is 76.7 Å². The van der Waals surface area contributed by atoms with Crippen molar-refractivity contribution in [1.29, 1.82) is 0 Å². The highest BCUT2D eigenvalue weighted by Crippen LogP contribution is 2.31. The minimum absolute atomic E-state index is 0.146. The minimum atomic E-state index is -4.39. The van der Waals surface area contributed by atoms with Gasteiger partial charge >= 0.3 is 6.18 Å². The molecule has 0 bridgehead atoms. The first kappa shape index (κ1) is 22.6. The number of rotatable bonds is 7. The average molecular weight is 432 g/mol. The second-order valence-electron chi connectivity index (χ2n) is 7.28. The Kier molecular flexibility index (Phi) is 6.82. The van der Waals surface area contributed by atoms with Crippen LogP contribution in [0.2, 0.25) is 0 Å². The number of ether oxygens (including phenoxy) is 1. The number of halogens is 3. The molecule has 0 aliphatic rings. The molecule has 0 unspecified atom stereocenters. The van der Waals surface area contributed by atoms with E-state index < -0.39 is 11.7 Å². The molecule has 2 N–H and O–H groups in total. The summed E-state index contributed by atoms with van der Waals surface area (Å²) in [7, 11) is 0. The van der Waals surface area contributed by atoms with E-state index in [4.69, 9.17) is 14.4 Å². The first-order valence-corrected chi connectivity index (χ1v) is 9.57. The lowest BCUT2D eigenvalue weighted by atomic mass is 10.0. The Morgan fingerprint density at radius 3 is 2.48 bits per heavy atom. The van der Waals surface area contributed by atoms with Gasteiger partial charge in [-0.3, -0.25) is 0 Å². The summed E-state index contributed by atoms with van der Waals surface area (Å²) >= 11 is 0. The van der Waals surface area contributed by atoms with Gasteiger partial charge in [0.2, 0.25) is 5.89 Å². The molecule has 0 fully saturated rings. The van der Waals surface area contributed by atoms with Crippen LogP contribution in [0.3, 0.4) is 0 Å². The first-order valence-electron chi connectivity index (χ1n) is 9.57. The van der Waals surface area contributed by atoms with Gasteiger partial charge in [0.15, 0.2) is 0 Å². The zero-order chi connectivity index (χ0) is 22.6. The van der Waals surface area contributed by atoms with Crippen LogP contribution in [0.1, 0.15) is 36.2 Å². The molecule has 31 heavy (non-hydrogen) atoms. The van der Waals surface area contributed by atoms with Gasteiger partial charge in [0.1, 0.15) is 24.3 Å². The molecule has 3 aromatic rings. The molecule has 0 saturated carbocycles. The normalized spacial score (nSPS) is 12.6. The van der Waals surface area contributed by atoms with Crippen molar-refractivity contribution in [3.8, 4) is 17.2 Å². The van der Waals surface area contributed by atoms with Crippen LogP contribution >= 0.6 is 0 Å². The quantitative estimate of drug-likeness (QED) is 0.447. The van der Waals surface area contributed by atoms with E-state index in [0.29, 0.717) is 23.6 Å². The lowest BCUT2D eigenvalue weighted by Gasteiger charge is -2.12. The van der Waals surface area contributed by atoms with Crippen LogP contribution in [0.25, 0.3) is 17.0 Å². The maximum atomic E-state index is 12.7. The predicted octanol–water partition coefficient (Wildman–Crippen LogP) is 6.02. The molecular weight excluding hydrogens is 409 g/mol. The fourth-order valence-corrected chi connectivity index (χ4v) is 3.01.